The monoisotopic (exact) mass is 284 g/mol. The number of hydrogen-bond acceptors (Lipinski definition) is 6. The van der Waals surface area contributed by atoms with E-state index >= 15 is 0 Å². The molecule has 0 aliphatic rings. The highest BCUT2D eigenvalue weighted by Gasteiger charge is 2.10. The lowest BCUT2D eigenvalue weighted by Gasteiger charge is -2.09. The van der Waals surface area contributed by atoms with E-state index < -0.39 is 0 Å². The van der Waals surface area contributed by atoms with Crippen LogP contribution in [0, 0.1) is 0 Å². The van der Waals surface area contributed by atoms with E-state index in [0.717, 1.165) is 23.0 Å². The molecule has 98 valence electrons. The van der Waals surface area contributed by atoms with Gasteiger partial charge in [-0.15, -0.1) is 5.10 Å². The smallest absolute Gasteiger partial charge is 0.275 e. The Hall–Kier alpha value is -1.08. The van der Waals surface area contributed by atoms with Crippen LogP contribution in [0.3, 0.4) is 0 Å². The molecular weight excluding hydrogens is 268 g/mol. The lowest BCUT2D eigenvalue weighted by atomic mass is 10.3. The van der Waals surface area contributed by atoms with Crippen LogP contribution in [-0.2, 0) is 6.42 Å². The van der Waals surface area contributed by atoms with E-state index in [0.29, 0.717) is 11.0 Å². The van der Waals surface area contributed by atoms with E-state index in [-0.39, 0.29) is 5.56 Å². The number of hydrogen-bond donors (Lipinski definition) is 1. The Morgan fingerprint density at radius 1 is 1.61 bits per heavy atom. The summed E-state index contributed by atoms with van der Waals surface area (Å²) in [6.45, 7) is 4.08. The molecule has 0 saturated carbocycles. The van der Waals surface area contributed by atoms with Gasteiger partial charge in [-0.05, 0) is 19.6 Å². The Morgan fingerprint density at radius 2 is 2.39 bits per heavy atom. The summed E-state index contributed by atoms with van der Waals surface area (Å²) < 4.78 is 1.36. The van der Waals surface area contributed by atoms with Crippen molar-refractivity contribution in [2.75, 3.05) is 17.3 Å². The maximum absolute atomic E-state index is 11.8. The van der Waals surface area contributed by atoms with Crippen molar-refractivity contribution in [1.82, 2.24) is 14.6 Å². The van der Waals surface area contributed by atoms with E-state index in [1.54, 1.807) is 17.8 Å². The van der Waals surface area contributed by atoms with Crippen LogP contribution in [0.25, 0.3) is 4.96 Å². The molecule has 2 rings (SSSR count). The summed E-state index contributed by atoms with van der Waals surface area (Å²) in [5.74, 6) is 0.998. The summed E-state index contributed by atoms with van der Waals surface area (Å²) in [6, 6.07) is 1.86. The Balaban J connectivity index is 2.32. The first-order valence-corrected chi connectivity index (χ1v) is 8.00. The van der Waals surface area contributed by atoms with Gasteiger partial charge in [0.15, 0.2) is 0 Å². The topological polar surface area (TPSA) is 59.3 Å². The molecule has 1 unspecified atom stereocenters. The van der Waals surface area contributed by atoms with Crippen LogP contribution >= 0.6 is 23.1 Å². The van der Waals surface area contributed by atoms with Gasteiger partial charge in [-0.1, -0.05) is 18.3 Å². The summed E-state index contributed by atoms with van der Waals surface area (Å²) in [7, 11) is 0. The van der Waals surface area contributed by atoms with E-state index in [1.807, 2.05) is 6.92 Å². The van der Waals surface area contributed by atoms with Crippen LogP contribution in [0.1, 0.15) is 19.5 Å². The molecule has 1 atom stereocenters. The Labute approximate surface area is 114 Å². The molecule has 0 spiro atoms. The SMILES string of the molecule is CCc1cc(=O)n2nc(NC(C)CSC)sc2n1. The molecule has 0 aliphatic carbocycles. The maximum Gasteiger partial charge on any atom is 0.275 e. The molecule has 0 saturated heterocycles. The van der Waals surface area contributed by atoms with Crippen LogP contribution in [0.4, 0.5) is 5.13 Å². The van der Waals surface area contributed by atoms with Crippen LogP contribution in [-0.4, -0.2) is 32.6 Å². The summed E-state index contributed by atoms with van der Waals surface area (Å²) in [5.41, 5.74) is 0.700. The summed E-state index contributed by atoms with van der Waals surface area (Å²) in [4.78, 5) is 16.9. The van der Waals surface area contributed by atoms with Gasteiger partial charge >= 0.3 is 0 Å². The van der Waals surface area contributed by atoms with Gasteiger partial charge in [0.05, 0.1) is 0 Å². The number of rotatable bonds is 5. The second kappa shape index (κ2) is 5.71. The van der Waals surface area contributed by atoms with E-state index in [2.05, 4.69) is 28.6 Å². The van der Waals surface area contributed by atoms with Crippen LogP contribution in [0.15, 0.2) is 10.9 Å². The van der Waals surface area contributed by atoms with E-state index in [1.165, 1.54) is 15.9 Å². The number of fused-ring (bicyclic) bond motifs is 1. The first kappa shape index (κ1) is 13.4. The predicted molar refractivity (Wildman–Crippen MR) is 78.0 cm³/mol. The van der Waals surface area contributed by atoms with Gasteiger partial charge in [-0.25, -0.2) is 4.98 Å². The first-order valence-electron chi connectivity index (χ1n) is 5.79. The highest BCUT2D eigenvalue weighted by molar-refractivity contribution is 7.98. The molecular formula is C11H16N4OS2. The second-order valence-corrected chi connectivity index (χ2v) is 5.91. The van der Waals surface area contributed by atoms with Crippen LogP contribution < -0.4 is 10.9 Å². The Morgan fingerprint density at radius 3 is 3.06 bits per heavy atom. The number of anilines is 1. The van der Waals surface area contributed by atoms with Crippen molar-refractivity contribution in [3.8, 4) is 0 Å². The minimum Gasteiger partial charge on any atom is -0.357 e. The van der Waals surface area contributed by atoms with Gasteiger partial charge in [0.1, 0.15) is 0 Å². The van der Waals surface area contributed by atoms with Crippen molar-refractivity contribution >= 4 is 33.2 Å². The zero-order valence-corrected chi connectivity index (χ0v) is 12.3. The molecule has 0 radical (unpaired) electrons. The highest BCUT2D eigenvalue weighted by Crippen LogP contribution is 2.18. The molecule has 2 aromatic rings. The van der Waals surface area contributed by atoms with Gasteiger partial charge in [0, 0.05) is 23.6 Å². The molecule has 0 aromatic carbocycles. The third kappa shape index (κ3) is 2.84. The summed E-state index contributed by atoms with van der Waals surface area (Å²) in [6.07, 6.45) is 2.82. The van der Waals surface area contributed by atoms with Crippen LogP contribution in [0.2, 0.25) is 0 Å². The first-order chi connectivity index (χ1) is 8.63. The third-order valence-electron chi connectivity index (χ3n) is 2.45. The zero-order valence-electron chi connectivity index (χ0n) is 10.6. The van der Waals surface area contributed by atoms with Gasteiger partial charge < -0.3 is 5.32 Å². The minimum atomic E-state index is -0.112. The highest BCUT2D eigenvalue weighted by atomic mass is 32.2. The Kier molecular flexibility index (Phi) is 4.23. The largest absolute Gasteiger partial charge is 0.357 e. The van der Waals surface area contributed by atoms with E-state index in [9.17, 15) is 4.79 Å². The van der Waals surface area contributed by atoms with Gasteiger partial charge in [-0.3, -0.25) is 4.79 Å². The molecule has 2 heterocycles. The third-order valence-corrected chi connectivity index (χ3v) is 4.12. The number of thioether (sulfide) groups is 1. The van der Waals surface area contributed by atoms with Crippen molar-refractivity contribution in [2.24, 2.45) is 0 Å². The number of aryl methyl sites for hydroxylation is 1. The fourth-order valence-corrected chi connectivity index (χ4v) is 3.12. The average Bonchev–Trinajstić information content (AvgIpc) is 2.72. The number of nitrogens with one attached hydrogen (secondary N) is 1. The quantitative estimate of drug-likeness (QED) is 0.908. The number of nitrogens with zero attached hydrogens (tertiary/aromatic N) is 3. The molecule has 5 nitrogen and oxygen atoms in total. The van der Waals surface area contributed by atoms with Crippen molar-refractivity contribution in [2.45, 2.75) is 26.3 Å². The minimum absolute atomic E-state index is 0.112. The van der Waals surface area contributed by atoms with Crippen molar-refractivity contribution in [3.05, 3.63) is 22.1 Å². The van der Waals surface area contributed by atoms with E-state index in [4.69, 9.17) is 0 Å². The predicted octanol–water partition coefficient (Wildman–Crippen LogP) is 1.88. The van der Waals surface area contributed by atoms with Crippen molar-refractivity contribution in [3.63, 3.8) is 0 Å². The van der Waals surface area contributed by atoms with Crippen LogP contribution in [0.5, 0.6) is 0 Å². The molecule has 2 aromatic heterocycles. The number of aromatic nitrogens is 3. The molecule has 0 amide bonds. The fourth-order valence-electron chi connectivity index (χ4n) is 1.60. The van der Waals surface area contributed by atoms with Gasteiger partial charge in [0.25, 0.3) is 5.56 Å². The summed E-state index contributed by atoms with van der Waals surface area (Å²) >= 11 is 3.19. The molecule has 0 fully saturated rings. The average molecular weight is 284 g/mol. The summed E-state index contributed by atoms with van der Waals surface area (Å²) in [5, 5.41) is 8.28. The molecule has 1 N–H and O–H groups in total. The van der Waals surface area contributed by atoms with Gasteiger partial charge in [-0.2, -0.15) is 16.3 Å². The Bertz CT molecular complexity index is 592. The standard InChI is InChI=1S/C11H16N4OS2/c1-4-8-5-9(16)15-11(13-8)18-10(14-15)12-7(2)6-17-3/h5,7H,4,6H2,1-3H3,(H,12,14). The lowest BCUT2D eigenvalue weighted by Crippen LogP contribution is -2.19. The normalized spacial score (nSPS) is 12.8. The van der Waals surface area contributed by atoms with Crippen molar-refractivity contribution < 1.29 is 0 Å². The molecule has 0 bridgehead atoms. The van der Waals surface area contributed by atoms with Gasteiger partial charge in [0.2, 0.25) is 10.1 Å². The zero-order chi connectivity index (χ0) is 13.1. The molecule has 0 aliphatic heterocycles. The van der Waals surface area contributed by atoms with Crippen molar-refractivity contribution in [1.29, 1.82) is 0 Å². The lowest BCUT2D eigenvalue weighted by molar-refractivity contribution is 0.852. The fraction of sp³-hybridized carbons (Fsp3) is 0.545. The second-order valence-electron chi connectivity index (χ2n) is 4.04. The molecule has 7 heteroatoms. The molecule has 18 heavy (non-hydrogen) atoms. The maximum atomic E-state index is 11.8.